The lowest BCUT2D eigenvalue weighted by Gasteiger charge is -2.39. The fraction of sp³-hybridized carbons (Fsp3) is 0.947. The summed E-state index contributed by atoms with van der Waals surface area (Å²) in [4.78, 5) is 14.4. The Morgan fingerprint density at radius 3 is 2.38 bits per heavy atom. The minimum Gasteiger partial charge on any atom is -0.448 e. The summed E-state index contributed by atoms with van der Waals surface area (Å²) in [5.41, 5.74) is -2.36. The van der Waals surface area contributed by atoms with Crippen LogP contribution in [0.4, 0.5) is 0 Å². The van der Waals surface area contributed by atoms with Crippen molar-refractivity contribution in [3.8, 4) is 0 Å². The van der Waals surface area contributed by atoms with Crippen LogP contribution in [-0.2, 0) is 9.53 Å². The number of carbonyl (C=O) groups is 1. The van der Waals surface area contributed by atoms with Crippen LogP contribution in [0, 0.1) is 11.8 Å². The van der Waals surface area contributed by atoms with Crippen LogP contribution in [0.3, 0.4) is 0 Å². The fourth-order valence-corrected chi connectivity index (χ4v) is 4.37. The zero-order valence-electron chi connectivity index (χ0n) is 16.9. The summed E-state index contributed by atoms with van der Waals surface area (Å²) < 4.78 is 4.61. The number of cyclic esters (lactones) is 1. The molecule has 0 aromatic heterocycles. The average molecular weight is 485 g/mol. The van der Waals surface area contributed by atoms with Gasteiger partial charge in [0.15, 0.2) is 4.11 Å². The van der Waals surface area contributed by atoms with Gasteiger partial charge in [0.25, 0.3) is 0 Å². The van der Waals surface area contributed by atoms with Crippen molar-refractivity contribution in [2.45, 2.75) is 87.8 Å². The molecule has 1 rings (SSSR count). The van der Waals surface area contributed by atoms with Crippen LogP contribution in [-0.4, -0.2) is 67.2 Å². The van der Waals surface area contributed by atoms with Crippen molar-refractivity contribution in [1.82, 2.24) is 4.90 Å². The van der Waals surface area contributed by atoms with Crippen LogP contribution in [0.1, 0.15) is 60.3 Å². The van der Waals surface area contributed by atoms with Gasteiger partial charge in [0.05, 0.1) is 11.5 Å². The highest BCUT2D eigenvalue weighted by molar-refractivity contribution is 14.1. The molecule has 0 aromatic carbocycles. The highest BCUT2D eigenvalue weighted by atomic mass is 127. The number of halogens is 1. The van der Waals surface area contributed by atoms with Gasteiger partial charge in [-0.1, -0.05) is 13.8 Å². The Kier molecular flexibility index (Phi) is 8.79. The SMILES string of the molecule is C[C@H]1C[C@@H](C)C(=O)O[C@H](I)[C@@](C)(O)[C@H](O)[C@@H](C)N(C)CCC[C@@](C)(O)C1. The quantitative estimate of drug-likeness (QED) is 0.277. The first kappa shape index (κ1) is 24.1. The third-order valence-electron chi connectivity index (χ3n) is 5.60. The zero-order valence-corrected chi connectivity index (χ0v) is 19.1. The number of likely N-dealkylation sites (N-methyl/N-ethyl adjacent to an activating group) is 1. The maximum absolute atomic E-state index is 12.4. The van der Waals surface area contributed by atoms with Crippen molar-refractivity contribution in [3.05, 3.63) is 0 Å². The van der Waals surface area contributed by atoms with E-state index in [9.17, 15) is 20.1 Å². The molecule has 6 nitrogen and oxygen atoms in total. The first-order chi connectivity index (χ1) is 11.8. The number of aliphatic hydroxyl groups is 3. The molecule has 0 radical (unpaired) electrons. The predicted octanol–water partition coefficient (Wildman–Crippen LogP) is 2.32. The minimum absolute atomic E-state index is 0.174. The van der Waals surface area contributed by atoms with E-state index in [-0.39, 0.29) is 23.8 Å². The second-order valence-corrected chi connectivity index (χ2v) is 9.82. The molecule has 0 amide bonds. The Morgan fingerprint density at radius 1 is 1.23 bits per heavy atom. The molecule has 7 atom stereocenters. The van der Waals surface area contributed by atoms with Gasteiger partial charge in [-0.3, -0.25) is 4.79 Å². The summed E-state index contributed by atoms with van der Waals surface area (Å²) in [5, 5.41) is 32.1. The van der Waals surface area contributed by atoms with Crippen LogP contribution in [0.15, 0.2) is 0 Å². The summed E-state index contributed by atoms with van der Waals surface area (Å²) in [5.74, 6) is -0.552. The predicted molar refractivity (Wildman–Crippen MR) is 110 cm³/mol. The van der Waals surface area contributed by atoms with E-state index < -0.39 is 21.4 Å². The minimum atomic E-state index is -1.57. The summed E-state index contributed by atoms with van der Waals surface area (Å²) in [6.07, 6.45) is 1.59. The molecule has 1 heterocycles. The molecule has 0 saturated carbocycles. The fourth-order valence-electron chi connectivity index (χ4n) is 3.75. The van der Waals surface area contributed by atoms with E-state index in [0.29, 0.717) is 25.8 Å². The van der Waals surface area contributed by atoms with Gasteiger partial charge in [-0.2, -0.15) is 0 Å². The van der Waals surface area contributed by atoms with Gasteiger partial charge in [-0.15, -0.1) is 0 Å². The molecule has 1 saturated heterocycles. The highest BCUT2D eigenvalue weighted by Gasteiger charge is 2.44. The van der Waals surface area contributed by atoms with Crippen molar-refractivity contribution >= 4 is 28.6 Å². The van der Waals surface area contributed by atoms with Gasteiger partial charge >= 0.3 is 5.97 Å². The van der Waals surface area contributed by atoms with E-state index in [0.717, 1.165) is 6.42 Å². The lowest BCUT2D eigenvalue weighted by atomic mass is 9.85. The molecule has 0 unspecified atom stereocenters. The average Bonchev–Trinajstić information content (AvgIpc) is 2.51. The van der Waals surface area contributed by atoms with Crippen molar-refractivity contribution in [1.29, 1.82) is 0 Å². The van der Waals surface area contributed by atoms with Gasteiger partial charge in [-0.05, 0) is 88.6 Å². The third-order valence-corrected chi connectivity index (χ3v) is 7.12. The van der Waals surface area contributed by atoms with Gasteiger partial charge in [-0.25, -0.2) is 0 Å². The zero-order chi connectivity index (χ0) is 20.3. The van der Waals surface area contributed by atoms with Crippen LogP contribution in [0.2, 0.25) is 0 Å². The Balaban J connectivity index is 3.05. The van der Waals surface area contributed by atoms with Crippen LogP contribution in [0.25, 0.3) is 0 Å². The molecule has 0 bridgehead atoms. The maximum atomic E-state index is 12.4. The van der Waals surface area contributed by atoms with Gasteiger partial charge in [0, 0.05) is 6.04 Å². The van der Waals surface area contributed by atoms with Crippen molar-refractivity contribution in [3.63, 3.8) is 0 Å². The molecular formula is C19H36INO5. The molecule has 0 aliphatic carbocycles. The molecular weight excluding hydrogens is 449 g/mol. The third kappa shape index (κ3) is 6.58. The Morgan fingerprint density at radius 2 is 1.81 bits per heavy atom. The molecule has 7 heteroatoms. The second-order valence-electron chi connectivity index (χ2n) is 8.69. The normalized spacial score (nSPS) is 45.5. The first-order valence-corrected chi connectivity index (χ1v) is 10.7. The van der Waals surface area contributed by atoms with E-state index in [4.69, 9.17) is 4.74 Å². The van der Waals surface area contributed by atoms with E-state index in [2.05, 4.69) is 0 Å². The maximum Gasteiger partial charge on any atom is 0.309 e. The van der Waals surface area contributed by atoms with Crippen molar-refractivity contribution in [2.75, 3.05) is 13.6 Å². The Hall–Kier alpha value is 0.0400. The van der Waals surface area contributed by atoms with Crippen LogP contribution < -0.4 is 0 Å². The summed E-state index contributed by atoms with van der Waals surface area (Å²) >= 11 is 1.88. The largest absolute Gasteiger partial charge is 0.448 e. The molecule has 154 valence electrons. The number of nitrogens with zero attached hydrogens (tertiary/aromatic N) is 1. The van der Waals surface area contributed by atoms with E-state index in [1.54, 1.807) is 6.92 Å². The van der Waals surface area contributed by atoms with Gasteiger partial charge in [0.2, 0.25) is 0 Å². The molecule has 0 aromatic rings. The second kappa shape index (κ2) is 9.49. The number of ether oxygens (including phenoxy) is 1. The monoisotopic (exact) mass is 485 g/mol. The number of rotatable bonds is 0. The lowest BCUT2D eigenvalue weighted by Crippen LogP contribution is -2.57. The summed E-state index contributed by atoms with van der Waals surface area (Å²) in [6.45, 7) is 9.71. The lowest BCUT2D eigenvalue weighted by molar-refractivity contribution is -0.170. The first-order valence-electron chi connectivity index (χ1n) is 9.45. The smallest absolute Gasteiger partial charge is 0.309 e. The van der Waals surface area contributed by atoms with Crippen molar-refractivity contribution < 1.29 is 24.9 Å². The standard InChI is InChI=1S/C19H36INO5/c1-12-10-13(2)16(23)26-17(20)19(5,25)15(22)14(3)21(6)9-7-8-18(4,24)11-12/h12-15,17,22,24-25H,7-11H2,1-6H3/t12-,13+,14+,15+,17-,18+,19-/m0/s1. The molecule has 1 aliphatic rings. The van der Waals surface area contributed by atoms with E-state index >= 15 is 0 Å². The molecule has 0 spiro atoms. The topological polar surface area (TPSA) is 90.2 Å². The van der Waals surface area contributed by atoms with Gasteiger partial charge < -0.3 is 25.0 Å². The van der Waals surface area contributed by atoms with Crippen LogP contribution >= 0.6 is 22.6 Å². The number of esters is 1. The highest BCUT2D eigenvalue weighted by Crippen LogP contribution is 2.31. The number of hydrogen-bond donors (Lipinski definition) is 3. The molecule has 3 N–H and O–H groups in total. The Labute approximate surface area is 171 Å². The number of aliphatic hydroxyl groups excluding tert-OH is 1. The molecule has 26 heavy (non-hydrogen) atoms. The molecule has 1 fully saturated rings. The van der Waals surface area contributed by atoms with E-state index in [1.807, 2.05) is 55.3 Å². The Bertz CT molecular complexity index is 471. The number of hydrogen-bond acceptors (Lipinski definition) is 6. The van der Waals surface area contributed by atoms with Crippen LogP contribution in [0.5, 0.6) is 0 Å². The van der Waals surface area contributed by atoms with Crippen molar-refractivity contribution in [2.24, 2.45) is 11.8 Å². The number of alkyl halides is 1. The molecule has 1 aliphatic heterocycles. The van der Waals surface area contributed by atoms with E-state index in [1.165, 1.54) is 6.92 Å². The van der Waals surface area contributed by atoms with Gasteiger partial charge in [0.1, 0.15) is 11.7 Å². The summed E-state index contributed by atoms with van der Waals surface area (Å²) in [6, 6.07) is -0.326. The summed E-state index contributed by atoms with van der Waals surface area (Å²) in [7, 11) is 1.88. The number of carbonyl (C=O) groups excluding carboxylic acids is 1.